The zero-order chi connectivity index (χ0) is 30.1. The maximum absolute atomic E-state index is 13.8. The lowest BCUT2D eigenvalue weighted by molar-refractivity contribution is -0.199. The first-order valence-corrected chi connectivity index (χ1v) is 15.4. The molecule has 0 N–H and O–H groups in total. The molecule has 1 heterocycles. The van der Waals surface area contributed by atoms with Gasteiger partial charge in [-0.05, 0) is 110 Å². The molecule has 1 aromatic rings. The van der Waals surface area contributed by atoms with Gasteiger partial charge in [0, 0.05) is 0 Å². The van der Waals surface area contributed by atoms with Crippen LogP contribution in [0.4, 0.5) is 0 Å². The smallest absolute Gasteiger partial charge is 0.320 e. The highest BCUT2D eigenvalue weighted by Gasteiger charge is 2.57. The molecule has 1 aliphatic heterocycles. The normalized spacial score (nSPS) is 28.5. The average molecular weight is 665 g/mol. The quantitative estimate of drug-likeness (QED) is 0.147. The van der Waals surface area contributed by atoms with Gasteiger partial charge in [0.25, 0.3) is 0 Å². The third-order valence-electron chi connectivity index (χ3n) is 10.1. The first-order chi connectivity index (χ1) is 19.2. The number of aryl methyl sites for hydroxylation is 1. The van der Waals surface area contributed by atoms with E-state index in [0.717, 1.165) is 19.3 Å². The van der Waals surface area contributed by atoms with E-state index in [4.69, 9.17) is 14.2 Å². The minimum atomic E-state index is -1.15. The van der Waals surface area contributed by atoms with Gasteiger partial charge in [-0.15, -0.1) is 0 Å². The molecule has 0 amide bonds. The molecule has 6 rings (SSSR count). The van der Waals surface area contributed by atoms with Gasteiger partial charge < -0.3 is 14.2 Å². The molecule has 3 atom stereocenters. The maximum atomic E-state index is 13.8. The van der Waals surface area contributed by atoms with E-state index in [2.05, 4.69) is 19.1 Å². The molecule has 274 valence electrons. The van der Waals surface area contributed by atoms with Crippen molar-refractivity contribution in [1.82, 2.24) is 0 Å². The van der Waals surface area contributed by atoms with Crippen molar-refractivity contribution in [2.75, 3.05) is 6.61 Å². The number of carbonyl (C=O) groups excluding carboxylic acids is 4. The highest BCUT2D eigenvalue weighted by Crippen LogP contribution is 2.58. The molecular weight excluding hydrogens is 592 g/mol. The molecule has 1 aromatic carbocycles. The monoisotopic (exact) mass is 665 g/mol. The fourth-order valence-electron chi connectivity index (χ4n) is 8.37. The second-order valence-corrected chi connectivity index (χ2v) is 14.2. The van der Waals surface area contributed by atoms with Gasteiger partial charge in [0.15, 0.2) is 0 Å². The maximum Gasteiger partial charge on any atom is 0.320 e. The van der Waals surface area contributed by atoms with E-state index in [9.17, 15) is 19.2 Å². The standard InChI is InChI=1S/C27H40O7.C7H8.6CH4/c1-6-24(3,23(31)34-27-11-17-8-18(12-27)10-19(9-17)13-27)15-26(5,21(29)32-7-2)16-25(4)14-20(28)33-22(25)30;1-7-5-3-2-4-6-7;;;;;;/h17-19H,6-16H2,1-5H3;2-6H,1H3;6*1H4. The molecule has 0 radical (unpaired) electrons. The van der Waals surface area contributed by atoms with Crippen LogP contribution >= 0.6 is 0 Å². The van der Waals surface area contributed by atoms with Gasteiger partial charge >= 0.3 is 23.9 Å². The van der Waals surface area contributed by atoms with Gasteiger partial charge in [-0.25, -0.2) is 0 Å². The number of ether oxygens (including phenoxy) is 3. The molecule has 5 aliphatic rings. The van der Waals surface area contributed by atoms with E-state index in [1.807, 2.05) is 32.0 Å². The topological polar surface area (TPSA) is 96.0 Å². The summed E-state index contributed by atoms with van der Waals surface area (Å²) < 4.78 is 16.6. The first kappa shape index (κ1) is 48.7. The molecule has 47 heavy (non-hydrogen) atoms. The zero-order valence-electron chi connectivity index (χ0n) is 25.8. The van der Waals surface area contributed by atoms with Crippen molar-refractivity contribution >= 4 is 23.9 Å². The summed E-state index contributed by atoms with van der Waals surface area (Å²) in [5.74, 6) is 0.0294. The van der Waals surface area contributed by atoms with E-state index in [1.165, 1.54) is 24.8 Å². The van der Waals surface area contributed by atoms with Crippen LogP contribution in [0.15, 0.2) is 30.3 Å². The lowest BCUT2D eigenvalue weighted by atomic mass is 9.54. The third-order valence-corrected chi connectivity index (χ3v) is 10.1. The predicted molar refractivity (Wildman–Crippen MR) is 195 cm³/mol. The van der Waals surface area contributed by atoms with Gasteiger partial charge in [0.1, 0.15) is 5.60 Å². The summed E-state index contributed by atoms with van der Waals surface area (Å²) in [7, 11) is 0. The van der Waals surface area contributed by atoms with Gasteiger partial charge in [-0.2, -0.15) is 0 Å². The Bertz CT molecular complexity index is 1110. The molecule has 4 aliphatic carbocycles. The number of carbonyl (C=O) groups is 4. The zero-order valence-corrected chi connectivity index (χ0v) is 25.8. The van der Waals surface area contributed by atoms with Gasteiger partial charge in [-0.1, -0.05) is 87.4 Å². The van der Waals surface area contributed by atoms with Crippen molar-refractivity contribution in [2.45, 2.75) is 156 Å². The second kappa shape index (κ2) is 18.7. The van der Waals surface area contributed by atoms with Crippen LogP contribution in [0, 0.1) is 40.9 Å². The van der Waals surface area contributed by atoms with Crippen molar-refractivity contribution in [3.63, 3.8) is 0 Å². The van der Waals surface area contributed by atoms with Crippen LogP contribution in [0.5, 0.6) is 0 Å². The Hall–Kier alpha value is -2.70. The molecule has 1 saturated heterocycles. The Labute approximate surface area is 289 Å². The Balaban J connectivity index is -0.00000133. The summed E-state index contributed by atoms with van der Waals surface area (Å²) >= 11 is 0. The van der Waals surface area contributed by atoms with Crippen molar-refractivity contribution in [1.29, 1.82) is 0 Å². The highest BCUT2D eigenvalue weighted by atomic mass is 16.6. The van der Waals surface area contributed by atoms with Crippen LogP contribution in [0.2, 0.25) is 0 Å². The number of hydrogen-bond acceptors (Lipinski definition) is 7. The van der Waals surface area contributed by atoms with Crippen LogP contribution < -0.4 is 0 Å². The van der Waals surface area contributed by atoms with Crippen LogP contribution in [0.25, 0.3) is 0 Å². The first-order valence-electron chi connectivity index (χ1n) is 15.4. The van der Waals surface area contributed by atoms with E-state index >= 15 is 0 Å². The van der Waals surface area contributed by atoms with E-state index in [-0.39, 0.29) is 82.0 Å². The average Bonchev–Trinajstić information content (AvgIpc) is 3.13. The Morgan fingerprint density at radius 1 is 0.830 bits per heavy atom. The second-order valence-electron chi connectivity index (χ2n) is 14.2. The van der Waals surface area contributed by atoms with Crippen molar-refractivity contribution in [2.24, 2.45) is 34.0 Å². The molecule has 7 nitrogen and oxygen atoms in total. The predicted octanol–water partition coefficient (Wildman–Crippen LogP) is 10.6. The molecule has 3 unspecified atom stereocenters. The molecule has 0 spiro atoms. The molecule has 4 saturated carbocycles. The number of rotatable bonds is 9. The van der Waals surface area contributed by atoms with Crippen LogP contribution in [0.1, 0.15) is 149 Å². The number of cyclic esters (lactones) is 2. The molecule has 4 bridgehead atoms. The SMILES string of the molecule is C.C.C.C.C.C.CCOC(=O)C(C)(CC1(C)CC(=O)OC1=O)CC(C)(CC)C(=O)OC12CC3CC(CC(C3)C1)C2.Cc1ccccc1. The largest absolute Gasteiger partial charge is 0.466 e. The molecule has 7 heteroatoms. The molecular formula is C40H72O7. The van der Waals surface area contributed by atoms with Gasteiger partial charge in [-0.3, -0.25) is 19.2 Å². The van der Waals surface area contributed by atoms with Crippen LogP contribution in [-0.4, -0.2) is 36.1 Å². The summed E-state index contributed by atoms with van der Waals surface area (Å²) in [4.78, 5) is 51.2. The van der Waals surface area contributed by atoms with Crippen molar-refractivity contribution in [3.05, 3.63) is 35.9 Å². The number of esters is 4. The van der Waals surface area contributed by atoms with Gasteiger partial charge in [0.2, 0.25) is 0 Å². The van der Waals surface area contributed by atoms with E-state index in [0.29, 0.717) is 24.2 Å². The Kier molecular flexibility index (Phi) is 19.4. The lowest BCUT2D eigenvalue weighted by Crippen LogP contribution is -2.54. The fourth-order valence-corrected chi connectivity index (χ4v) is 8.37. The summed E-state index contributed by atoms with van der Waals surface area (Å²) in [6, 6.07) is 10.3. The van der Waals surface area contributed by atoms with Crippen LogP contribution in [0.3, 0.4) is 0 Å². The third kappa shape index (κ3) is 10.9. The molecule has 0 aromatic heterocycles. The van der Waals surface area contributed by atoms with Gasteiger partial charge in [0.05, 0.1) is 29.3 Å². The highest BCUT2D eigenvalue weighted by molar-refractivity contribution is 5.97. The summed E-state index contributed by atoms with van der Waals surface area (Å²) in [6.07, 6.45) is 7.29. The Morgan fingerprint density at radius 2 is 1.32 bits per heavy atom. The summed E-state index contributed by atoms with van der Waals surface area (Å²) in [5, 5.41) is 0. The van der Waals surface area contributed by atoms with Crippen molar-refractivity contribution in [3.8, 4) is 0 Å². The van der Waals surface area contributed by atoms with Crippen LogP contribution in [-0.2, 0) is 33.4 Å². The Morgan fingerprint density at radius 3 is 1.68 bits per heavy atom. The summed E-state index contributed by atoms with van der Waals surface area (Å²) in [5.41, 5.74) is -2.25. The molecule has 5 fully saturated rings. The minimum Gasteiger partial charge on any atom is -0.466 e. The van der Waals surface area contributed by atoms with Crippen molar-refractivity contribution < 1.29 is 33.4 Å². The lowest BCUT2D eigenvalue weighted by Gasteiger charge is -2.56. The fraction of sp³-hybridized carbons (Fsp3) is 0.750. The summed E-state index contributed by atoms with van der Waals surface area (Å²) in [6.45, 7) is 11.2. The number of benzene rings is 1. The number of hydrogen-bond donors (Lipinski definition) is 0. The van der Waals surface area contributed by atoms with E-state index < -0.39 is 34.2 Å². The minimum absolute atomic E-state index is 0. The van der Waals surface area contributed by atoms with E-state index in [1.54, 1.807) is 20.8 Å².